The van der Waals surface area contributed by atoms with Crippen molar-refractivity contribution in [1.82, 2.24) is 10.2 Å². The van der Waals surface area contributed by atoms with Gasteiger partial charge in [0, 0.05) is 32.0 Å². The molecule has 2 amide bonds. The maximum Gasteiger partial charge on any atom is 0.410 e. The molecule has 138 valence electrons. The third-order valence-electron chi connectivity index (χ3n) is 3.85. The molecule has 1 aromatic rings. The predicted octanol–water partition coefficient (Wildman–Crippen LogP) is 3.91. The van der Waals surface area contributed by atoms with Gasteiger partial charge in [0.2, 0.25) is 5.91 Å². The van der Waals surface area contributed by atoms with Gasteiger partial charge in [-0.25, -0.2) is 4.79 Å². The highest BCUT2D eigenvalue weighted by Crippen LogP contribution is 2.26. The minimum Gasteiger partial charge on any atom is -0.444 e. The van der Waals surface area contributed by atoms with Gasteiger partial charge in [0.15, 0.2) is 0 Å². The number of carbonyl (C=O) groups is 2. The summed E-state index contributed by atoms with van der Waals surface area (Å²) in [7, 11) is 0. The lowest BCUT2D eigenvalue weighted by Gasteiger charge is -2.39. The zero-order chi connectivity index (χ0) is 18.6. The van der Waals surface area contributed by atoms with Crippen LogP contribution in [0.1, 0.15) is 32.8 Å². The Bertz CT molecular complexity index is 638. The van der Waals surface area contributed by atoms with Crippen LogP contribution in [0.2, 0.25) is 10.0 Å². The largest absolute Gasteiger partial charge is 0.444 e. The van der Waals surface area contributed by atoms with Crippen LogP contribution in [0, 0.1) is 5.92 Å². The Morgan fingerprint density at radius 1 is 1.28 bits per heavy atom. The standard InChI is InChI=1S/C18H24Cl2N2O3/c1-18(2,3)25-17(24)22-10-12(11-22)9-21-15(23)8-7-13-5-4-6-14(19)16(13)20/h4-6,12H,7-11H2,1-3H3,(H,21,23). The highest BCUT2D eigenvalue weighted by Gasteiger charge is 2.33. The highest BCUT2D eigenvalue weighted by atomic mass is 35.5. The summed E-state index contributed by atoms with van der Waals surface area (Å²) in [6, 6.07) is 5.41. The van der Waals surface area contributed by atoms with E-state index in [1.165, 1.54) is 0 Å². The Hall–Kier alpha value is -1.46. The minimum absolute atomic E-state index is 0.0354. The van der Waals surface area contributed by atoms with Crippen molar-refractivity contribution in [1.29, 1.82) is 0 Å². The highest BCUT2D eigenvalue weighted by molar-refractivity contribution is 6.42. The van der Waals surface area contributed by atoms with Gasteiger partial charge in [0.05, 0.1) is 10.0 Å². The molecule has 1 aliphatic heterocycles. The number of carbonyl (C=O) groups excluding carboxylic acids is 2. The quantitative estimate of drug-likeness (QED) is 0.834. The molecule has 1 aliphatic rings. The van der Waals surface area contributed by atoms with Crippen molar-refractivity contribution < 1.29 is 14.3 Å². The zero-order valence-electron chi connectivity index (χ0n) is 14.8. The number of benzene rings is 1. The number of hydrogen-bond donors (Lipinski definition) is 1. The van der Waals surface area contributed by atoms with Crippen LogP contribution in [0.4, 0.5) is 4.79 Å². The summed E-state index contributed by atoms with van der Waals surface area (Å²) in [4.78, 5) is 25.5. The van der Waals surface area contributed by atoms with Gasteiger partial charge in [-0.05, 0) is 38.8 Å². The molecule has 0 aromatic heterocycles. The fraction of sp³-hybridized carbons (Fsp3) is 0.556. The van der Waals surface area contributed by atoms with Crippen molar-refractivity contribution in [3.63, 3.8) is 0 Å². The molecule has 0 unspecified atom stereocenters. The zero-order valence-corrected chi connectivity index (χ0v) is 16.3. The third kappa shape index (κ3) is 6.08. The Balaban J connectivity index is 1.65. The monoisotopic (exact) mass is 386 g/mol. The number of likely N-dealkylation sites (tertiary alicyclic amines) is 1. The van der Waals surface area contributed by atoms with E-state index >= 15 is 0 Å². The Labute approximate surface area is 158 Å². The maximum atomic E-state index is 12.0. The molecule has 0 saturated carbocycles. The van der Waals surface area contributed by atoms with E-state index in [1.54, 1.807) is 11.0 Å². The summed E-state index contributed by atoms with van der Waals surface area (Å²) in [6.07, 6.45) is 0.591. The Morgan fingerprint density at radius 3 is 2.60 bits per heavy atom. The van der Waals surface area contributed by atoms with Gasteiger partial charge >= 0.3 is 6.09 Å². The summed E-state index contributed by atoms with van der Waals surface area (Å²) < 4.78 is 5.30. The smallest absolute Gasteiger partial charge is 0.410 e. The molecular formula is C18H24Cl2N2O3. The first-order chi connectivity index (χ1) is 11.7. The van der Waals surface area contributed by atoms with Crippen LogP contribution in [0.15, 0.2) is 18.2 Å². The van der Waals surface area contributed by atoms with E-state index in [-0.39, 0.29) is 17.9 Å². The van der Waals surface area contributed by atoms with Crippen molar-refractivity contribution in [3.05, 3.63) is 33.8 Å². The number of nitrogens with one attached hydrogen (secondary N) is 1. The molecule has 1 heterocycles. The van der Waals surface area contributed by atoms with Crippen molar-refractivity contribution in [2.75, 3.05) is 19.6 Å². The van der Waals surface area contributed by atoms with Gasteiger partial charge in [-0.15, -0.1) is 0 Å². The molecule has 0 atom stereocenters. The van der Waals surface area contributed by atoms with E-state index in [1.807, 2.05) is 32.9 Å². The van der Waals surface area contributed by atoms with Crippen LogP contribution in [0.5, 0.6) is 0 Å². The van der Waals surface area contributed by atoms with Crippen molar-refractivity contribution in [2.45, 2.75) is 39.2 Å². The van der Waals surface area contributed by atoms with Gasteiger partial charge < -0.3 is 15.0 Å². The molecule has 25 heavy (non-hydrogen) atoms. The van der Waals surface area contributed by atoms with Crippen LogP contribution in [-0.4, -0.2) is 42.1 Å². The van der Waals surface area contributed by atoms with Crippen LogP contribution in [0.3, 0.4) is 0 Å². The molecule has 0 radical (unpaired) electrons. The van der Waals surface area contributed by atoms with Gasteiger partial charge in [-0.2, -0.15) is 0 Å². The van der Waals surface area contributed by atoms with Crippen molar-refractivity contribution in [2.24, 2.45) is 5.92 Å². The average Bonchev–Trinajstić information content (AvgIpc) is 2.45. The Kier molecular flexibility index (Phi) is 6.58. The maximum absolute atomic E-state index is 12.0. The van der Waals surface area contributed by atoms with E-state index in [0.29, 0.717) is 42.5 Å². The first-order valence-electron chi connectivity index (χ1n) is 8.33. The molecule has 2 rings (SSSR count). The van der Waals surface area contributed by atoms with Crippen molar-refractivity contribution in [3.8, 4) is 0 Å². The van der Waals surface area contributed by atoms with E-state index < -0.39 is 5.60 Å². The average molecular weight is 387 g/mol. The molecule has 1 N–H and O–H groups in total. The second-order valence-corrected chi connectivity index (χ2v) is 8.05. The second-order valence-electron chi connectivity index (χ2n) is 7.27. The second kappa shape index (κ2) is 8.28. The van der Waals surface area contributed by atoms with E-state index in [4.69, 9.17) is 27.9 Å². The molecule has 0 bridgehead atoms. The van der Waals surface area contributed by atoms with Gasteiger partial charge in [0.25, 0.3) is 0 Å². The molecule has 1 aromatic carbocycles. The summed E-state index contributed by atoms with van der Waals surface area (Å²) in [6.45, 7) is 7.30. The molecule has 5 nitrogen and oxygen atoms in total. The normalized spacial score (nSPS) is 14.8. The number of nitrogens with zero attached hydrogens (tertiary/aromatic N) is 1. The molecule has 0 aliphatic carbocycles. The summed E-state index contributed by atoms with van der Waals surface area (Å²) in [5.74, 6) is 0.234. The first kappa shape index (κ1) is 19.9. The van der Waals surface area contributed by atoms with E-state index in [2.05, 4.69) is 5.32 Å². The van der Waals surface area contributed by atoms with Crippen LogP contribution < -0.4 is 5.32 Å². The molecule has 7 heteroatoms. The van der Waals surface area contributed by atoms with Gasteiger partial charge in [-0.3, -0.25) is 4.79 Å². The van der Waals surface area contributed by atoms with E-state index in [9.17, 15) is 9.59 Å². The van der Waals surface area contributed by atoms with Crippen LogP contribution in [0.25, 0.3) is 0 Å². The Morgan fingerprint density at radius 2 is 1.96 bits per heavy atom. The summed E-state index contributed by atoms with van der Waals surface area (Å²) >= 11 is 12.1. The fourth-order valence-corrected chi connectivity index (χ4v) is 2.93. The lowest BCUT2D eigenvalue weighted by atomic mass is 10.0. The number of aryl methyl sites for hydroxylation is 1. The summed E-state index contributed by atoms with van der Waals surface area (Å²) in [5, 5.41) is 3.90. The van der Waals surface area contributed by atoms with Crippen molar-refractivity contribution >= 4 is 35.2 Å². The molecule has 1 fully saturated rings. The molecule has 0 spiro atoms. The minimum atomic E-state index is -0.488. The number of hydrogen-bond acceptors (Lipinski definition) is 3. The summed E-state index contributed by atoms with van der Waals surface area (Å²) in [5.41, 5.74) is 0.377. The number of amides is 2. The lowest BCUT2D eigenvalue weighted by Crippen LogP contribution is -2.54. The van der Waals surface area contributed by atoms with Gasteiger partial charge in [-0.1, -0.05) is 35.3 Å². The third-order valence-corrected chi connectivity index (χ3v) is 4.71. The van der Waals surface area contributed by atoms with Crippen LogP contribution in [-0.2, 0) is 16.0 Å². The van der Waals surface area contributed by atoms with Crippen LogP contribution >= 0.6 is 23.2 Å². The number of rotatable bonds is 5. The topological polar surface area (TPSA) is 58.6 Å². The number of ether oxygens (including phenoxy) is 1. The first-order valence-corrected chi connectivity index (χ1v) is 9.09. The fourth-order valence-electron chi connectivity index (χ4n) is 2.51. The molecular weight excluding hydrogens is 363 g/mol. The predicted molar refractivity (Wildman–Crippen MR) is 99.1 cm³/mol. The lowest BCUT2D eigenvalue weighted by molar-refractivity contribution is -0.121. The SMILES string of the molecule is CC(C)(C)OC(=O)N1CC(CNC(=O)CCc2cccc(Cl)c2Cl)C1. The van der Waals surface area contributed by atoms with E-state index in [0.717, 1.165) is 5.56 Å². The number of halogens is 2. The van der Waals surface area contributed by atoms with Gasteiger partial charge in [0.1, 0.15) is 5.60 Å². The molecule has 1 saturated heterocycles.